The maximum absolute atomic E-state index is 13.5. The molecule has 2 aliphatic carbocycles. The molecule has 0 radical (unpaired) electrons. The van der Waals surface area contributed by atoms with E-state index in [1.807, 2.05) is 12.2 Å². The molecule has 0 heterocycles. The average molecular weight is 361 g/mol. The van der Waals surface area contributed by atoms with Crippen molar-refractivity contribution in [3.8, 4) is 0 Å². The first-order valence-electron chi connectivity index (χ1n) is 7.45. The minimum absolute atomic E-state index is 0.0377. The number of halogens is 5. The van der Waals surface area contributed by atoms with E-state index in [9.17, 15) is 31.5 Å². The van der Waals surface area contributed by atoms with E-state index in [0.717, 1.165) is 6.42 Å². The van der Waals surface area contributed by atoms with Gasteiger partial charge in [-0.15, -0.1) is 0 Å². The van der Waals surface area contributed by atoms with Crippen LogP contribution in [-0.4, -0.2) is 18.5 Å². The molecule has 0 unspecified atom stereocenters. The Labute approximate surface area is 138 Å². The minimum Gasteiger partial charge on any atom is -0.455 e. The van der Waals surface area contributed by atoms with Crippen LogP contribution in [0.3, 0.4) is 0 Å². The van der Waals surface area contributed by atoms with Crippen molar-refractivity contribution in [2.24, 2.45) is 17.8 Å². The second kappa shape index (κ2) is 6.45. The van der Waals surface area contributed by atoms with Gasteiger partial charge in [0.2, 0.25) is 5.82 Å². The van der Waals surface area contributed by atoms with E-state index in [1.54, 1.807) is 5.32 Å². The first kappa shape index (κ1) is 17.4. The molecule has 25 heavy (non-hydrogen) atoms. The summed E-state index contributed by atoms with van der Waals surface area (Å²) in [4.78, 5) is 23.6. The maximum Gasteiger partial charge on any atom is 0.310 e. The van der Waals surface area contributed by atoms with Gasteiger partial charge in [-0.25, -0.2) is 22.0 Å². The molecule has 1 fully saturated rings. The lowest BCUT2D eigenvalue weighted by Gasteiger charge is -2.16. The number of ether oxygens (including phenoxy) is 1. The smallest absolute Gasteiger partial charge is 0.310 e. The summed E-state index contributed by atoms with van der Waals surface area (Å²) in [7, 11) is 0. The van der Waals surface area contributed by atoms with Gasteiger partial charge in [0.05, 0.1) is 5.92 Å². The van der Waals surface area contributed by atoms with Crippen molar-refractivity contribution in [2.45, 2.75) is 12.8 Å². The van der Waals surface area contributed by atoms with E-state index in [2.05, 4.69) is 0 Å². The molecule has 0 aliphatic heterocycles. The molecular formula is C16H12F5NO3. The number of amides is 1. The Morgan fingerprint density at radius 2 is 1.56 bits per heavy atom. The number of nitrogens with one attached hydrogen (secondary N) is 1. The highest BCUT2D eigenvalue weighted by atomic mass is 19.2. The fourth-order valence-electron chi connectivity index (χ4n) is 3.19. The van der Waals surface area contributed by atoms with E-state index in [0.29, 0.717) is 12.3 Å². The van der Waals surface area contributed by atoms with Crippen molar-refractivity contribution < 1.29 is 36.3 Å². The van der Waals surface area contributed by atoms with Gasteiger partial charge in [-0.2, -0.15) is 0 Å². The van der Waals surface area contributed by atoms with Crippen LogP contribution in [0.2, 0.25) is 0 Å². The van der Waals surface area contributed by atoms with Gasteiger partial charge >= 0.3 is 5.97 Å². The third-order valence-electron chi connectivity index (χ3n) is 4.40. The van der Waals surface area contributed by atoms with Gasteiger partial charge in [-0.1, -0.05) is 12.2 Å². The van der Waals surface area contributed by atoms with E-state index in [1.165, 1.54) is 0 Å². The topological polar surface area (TPSA) is 55.4 Å². The molecular weight excluding hydrogens is 349 g/mol. The fraction of sp³-hybridized carbons (Fsp3) is 0.375. The third kappa shape index (κ3) is 3.10. The first-order chi connectivity index (χ1) is 11.8. The summed E-state index contributed by atoms with van der Waals surface area (Å²) in [5.74, 6) is -12.9. The van der Waals surface area contributed by atoms with Gasteiger partial charge in [0.15, 0.2) is 29.9 Å². The zero-order valence-electron chi connectivity index (χ0n) is 12.6. The molecule has 0 spiro atoms. The van der Waals surface area contributed by atoms with Crippen molar-refractivity contribution in [3.63, 3.8) is 0 Å². The molecule has 1 aromatic carbocycles. The van der Waals surface area contributed by atoms with E-state index >= 15 is 0 Å². The Hall–Kier alpha value is -2.45. The maximum atomic E-state index is 13.5. The van der Waals surface area contributed by atoms with E-state index in [-0.39, 0.29) is 5.92 Å². The van der Waals surface area contributed by atoms with Crippen LogP contribution in [0.25, 0.3) is 0 Å². The lowest BCUT2D eigenvalue weighted by atomic mass is 9.94. The monoisotopic (exact) mass is 361 g/mol. The number of carbonyl (C=O) groups excluding carboxylic acids is 2. The summed E-state index contributed by atoms with van der Waals surface area (Å²) in [5, 5.41) is 1.54. The van der Waals surface area contributed by atoms with Crippen LogP contribution in [0.5, 0.6) is 0 Å². The van der Waals surface area contributed by atoms with Gasteiger partial charge in [0.25, 0.3) is 5.91 Å². The van der Waals surface area contributed by atoms with Gasteiger partial charge < -0.3 is 10.1 Å². The number of anilines is 1. The van der Waals surface area contributed by atoms with Crippen LogP contribution in [0.4, 0.5) is 27.6 Å². The fourth-order valence-corrected chi connectivity index (χ4v) is 3.19. The second-order valence-corrected chi connectivity index (χ2v) is 5.99. The number of benzene rings is 1. The molecule has 0 saturated heterocycles. The molecule has 134 valence electrons. The van der Waals surface area contributed by atoms with Gasteiger partial charge in [-0.3, -0.25) is 9.59 Å². The van der Waals surface area contributed by atoms with Crippen molar-refractivity contribution in [3.05, 3.63) is 41.2 Å². The van der Waals surface area contributed by atoms with Gasteiger partial charge in [0.1, 0.15) is 5.69 Å². The van der Waals surface area contributed by atoms with E-state index in [4.69, 9.17) is 4.74 Å². The molecule has 1 N–H and O–H groups in total. The number of allylic oxidation sites excluding steroid dienone is 2. The number of hydrogen-bond acceptors (Lipinski definition) is 3. The number of carbonyl (C=O) groups is 2. The van der Waals surface area contributed by atoms with Crippen LogP contribution in [0, 0.1) is 46.8 Å². The Morgan fingerprint density at radius 3 is 2.08 bits per heavy atom. The van der Waals surface area contributed by atoms with Crippen LogP contribution >= 0.6 is 0 Å². The highest BCUT2D eigenvalue weighted by molar-refractivity contribution is 5.93. The molecule has 4 nitrogen and oxygen atoms in total. The summed E-state index contributed by atoms with van der Waals surface area (Å²) < 4.78 is 70.7. The zero-order chi connectivity index (χ0) is 18.3. The van der Waals surface area contributed by atoms with Crippen LogP contribution in [0.1, 0.15) is 12.8 Å². The third-order valence-corrected chi connectivity index (χ3v) is 4.40. The van der Waals surface area contributed by atoms with Crippen molar-refractivity contribution in [2.75, 3.05) is 11.9 Å². The molecule has 1 saturated carbocycles. The molecule has 2 bridgehead atoms. The SMILES string of the molecule is O=C(COC(=O)[C@H]1C[C@@H]2C=C[C@@H]1C2)Nc1c(F)c(F)c(F)c(F)c1F. The Kier molecular flexibility index (Phi) is 4.49. The van der Waals surface area contributed by atoms with Crippen LogP contribution < -0.4 is 5.32 Å². The largest absolute Gasteiger partial charge is 0.455 e. The minimum atomic E-state index is -2.33. The predicted octanol–water partition coefficient (Wildman–Crippen LogP) is 3.08. The van der Waals surface area contributed by atoms with Crippen molar-refractivity contribution >= 4 is 17.6 Å². The molecule has 0 aromatic heterocycles. The zero-order valence-corrected chi connectivity index (χ0v) is 12.6. The summed E-state index contributed by atoms with van der Waals surface area (Å²) in [6.07, 6.45) is 5.33. The first-order valence-corrected chi connectivity index (χ1v) is 7.45. The Morgan fingerprint density at radius 1 is 0.960 bits per heavy atom. The summed E-state index contributed by atoms with van der Waals surface area (Å²) in [5.41, 5.74) is -1.49. The lowest BCUT2D eigenvalue weighted by molar-refractivity contribution is -0.152. The molecule has 3 rings (SSSR count). The number of hydrogen-bond donors (Lipinski definition) is 1. The number of esters is 1. The quantitative estimate of drug-likeness (QED) is 0.295. The molecule has 1 amide bonds. The predicted molar refractivity (Wildman–Crippen MR) is 74.7 cm³/mol. The second-order valence-electron chi connectivity index (χ2n) is 5.99. The highest BCUT2D eigenvalue weighted by Crippen LogP contribution is 2.43. The number of fused-ring (bicyclic) bond motifs is 2. The van der Waals surface area contributed by atoms with Gasteiger partial charge in [-0.05, 0) is 24.7 Å². The molecule has 3 atom stereocenters. The highest BCUT2D eigenvalue weighted by Gasteiger charge is 2.40. The standard InChI is InChI=1S/C16H12F5NO3/c17-10-11(18)13(20)15(14(21)12(10)19)22-9(23)5-25-16(24)8-4-6-1-2-7(8)3-6/h1-2,6-8H,3-5H2,(H,22,23)/t6-,7-,8+/m1/s1. The number of rotatable bonds is 4. The van der Waals surface area contributed by atoms with Crippen LogP contribution in [0.15, 0.2) is 12.2 Å². The van der Waals surface area contributed by atoms with E-state index < -0.39 is 59.2 Å². The van der Waals surface area contributed by atoms with Crippen LogP contribution in [-0.2, 0) is 14.3 Å². The average Bonchev–Trinajstić information content (AvgIpc) is 3.23. The molecule has 1 aromatic rings. The Bertz CT molecular complexity index is 751. The van der Waals surface area contributed by atoms with Crippen molar-refractivity contribution in [1.29, 1.82) is 0 Å². The van der Waals surface area contributed by atoms with Crippen molar-refractivity contribution in [1.82, 2.24) is 0 Å². The lowest BCUT2D eigenvalue weighted by Crippen LogP contribution is -2.27. The Balaban J connectivity index is 1.62. The molecule has 9 heteroatoms. The van der Waals surface area contributed by atoms with Gasteiger partial charge in [0, 0.05) is 0 Å². The summed E-state index contributed by atoms with van der Waals surface area (Å²) in [6.45, 7) is -0.893. The normalized spacial score (nSPS) is 23.8. The summed E-state index contributed by atoms with van der Waals surface area (Å²) in [6, 6.07) is 0. The molecule has 2 aliphatic rings. The summed E-state index contributed by atoms with van der Waals surface area (Å²) >= 11 is 0.